The van der Waals surface area contributed by atoms with Crippen molar-refractivity contribution in [2.45, 2.75) is 20.0 Å². The van der Waals surface area contributed by atoms with Gasteiger partial charge in [0.05, 0.1) is 24.1 Å². The molecule has 0 unspecified atom stereocenters. The number of nitrogens with one attached hydrogen (secondary N) is 1. The summed E-state index contributed by atoms with van der Waals surface area (Å²) in [5.41, 5.74) is 0.653. The predicted octanol–water partition coefficient (Wildman–Crippen LogP) is 6.44. The maximum atomic E-state index is 13.1. The van der Waals surface area contributed by atoms with E-state index in [0.29, 0.717) is 33.8 Å². The predicted molar refractivity (Wildman–Crippen MR) is 148 cm³/mol. The molecular formula is C26H20IN3O7S. The van der Waals surface area contributed by atoms with Crippen LogP contribution in [0.2, 0.25) is 0 Å². The number of rotatable bonds is 10. The molecule has 0 fully saturated rings. The van der Waals surface area contributed by atoms with Gasteiger partial charge in [-0.15, -0.1) is 0 Å². The first-order valence-corrected chi connectivity index (χ1v) is 13.0. The molecule has 0 atom stereocenters. The molecule has 4 aromatic rings. The highest BCUT2D eigenvalue weighted by Gasteiger charge is 2.15. The van der Waals surface area contributed by atoms with Gasteiger partial charge in [-0.1, -0.05) is 17.4 Å². The average molecular weight is 645 g/mol. The minimum absolute atomic E-state index is 0.0901. The van der Waals surface area contributed by atoms with Crippen LogP contribution in [-0.4, -0.2) is 36.8 Å². The highest BCUT2D eigenvalue weighted by Crippen LogP contribution is 2.32. The second-order valence-corrected chi connectivity index (χ2v) is 9.96. The highest BCUT2D eigenvalue weighted by atomic mass is 127. The van der Waals surface area contributed by atoms with E-state index in [1.54, 1.807) is 65.1 Å². The number of thiazole rings is 1. The Hall–Kier alpha value is -4.04. The third-order valence-electron chi connectivity index (χ3n) is 4.69. The highest BCUT2D eigenvalue weighted by molar-refractivity contribution is 14.1. The van der Waals surface area contributed by atoms with Crippen molar-refractivity contribution >= 4 is 54.7 Å². The van der Waals surface area contributed by atoms with E-state index in [-0.39, 0.29) is 26.2 Å². The van der Waals surface area contributed by atoms with Crippen LogP contribution >= 0.6 is 33.9 Å². The Labute approximate surface area is 234 Å². The molecule has 2 aromatic heterocycles. The molecule has 12 heteroatoms. The molecule has 0 saturated carbocycles. The van der Waals surface area contributed by atoms with E-state index in [1.807, 2.05) is 13.8 Å². The molecule has 0 spiro atoms. The fraction of sp³-hybridized carbons (Fsp3) is 0.115. The zero-order valence-corrected chi connectivity index (χ0v) is 23.0. The van der Waals surface area contributed by atoms with E-state index in [1.165, 1.54) is 24.5 Å². The molecule has 0 radical (unpaired) electrons. The molecular weight excluding hydrogens is 625 g/mol. The molecule has 0 bridgehead atoms. The van der Waals surface area contributed by atoms with Gasteiger partial charge in [0, 0.05) is 34.2 Å². The molecule has 1 amide bonds. The second kappa shape index (κ2) is 12.0. The van der Waals surface area contributed by atoms with E-state index in [0.717, 1.165) is 11.3 Å². The lowest BCUT2D eigenvalue weighted by Gasteiger charge is -2.14. The summed E-state index contributed by atoms with van der Waals surface area (Å²) in [6.45, 7) is 3.72. The number of ether oxygens (including phenoxy) is 3. The number of pyridine rings is 1. The summed E-state index contributed by atoms with van der Waals surface area (Å²) in [6.07, 6.45) is 2.71. The number of carbonyl (C=O) groups excluding carboxylic acids is 2. The Balaban J connectivity index is 1.50. The Morgan fingerprint density at radius 3 is 2.34 bits per heavy atom. The van der Waals surface area contributed by atoms with Crippen molar-refractivity contribution in [2.24, 2.45) is 0 Å². The van der Waals surface area contributed by atoms with Crippen LogP contribution in [-0.2, 0) is 0 Å². The Bertz CT molecular complexity index is 1490. The first-order chi connectivity index (χ1) is 18.2. The third-order valence-corrected chi connectivity index (χ3v) is 6.04. The van der Waals surface area contributed by atoms with Crippen molar-refractivity contribution in [1.29, 1.82) is 0 Å². The Morgan fingerprint density at radius 1 is 0.895 bits per heavy atom. The lowest BCUT2D eigenvalue weighted by Crippen LogP contribution is -2.13. The molecule has 4 rings (SSSR count). The van der Waals surface area contributed by atoms with Crippen molar-refractivity contribution in [3.63, 3.8) is 0 Å². The van der Waals surface area contributed by atoms with Crippen LogP contribution in [0, 0.1) is 0 Å². The van der Waals surface area contributed by atoms with Gasteiger partial charge >= 0.3 is 5.97 Å². The zero-order chi connectivity index (χ0) is 27.2. The van der Waals surface area contributed by atoms with Crippen molar-refractivity contribution < 1.29 is 33.7 Å². The summed E-state index contributed by atoms with van der Waals surface area (Å²) in [5.74, 6) is -0.0444. The Kier molecular flexibility index (Phi) is 8.53. The summed E-state index contributed by atoms with van der Waals surface area (Å²) in [6, 6.07) is 14.0. The quantitative estimate of drug-likeness (QED) is 0.148. The molecule has 0 aliphatic rings. The van der Waals surface area contributed by atoms with Crippen LogP contribution in [0.4, 0.5) is 5.13 Å². The van der Waals surface area contributed by atoms with Gasteiger partial charge in [-0.05, 0) is 56.3 Å². The number of nitrogens with zero attached hydrogens (tertiary/aromatic N) is 2. The zero-order valence-electron chi connectivity index (χ0n) is 20.0. The lowest BCUT2D eigenvalue weighted by atomic mass is 10.2. The fourth-order valence-electron chi connectivity index (χ4n) is 3.14. The van der Waals surface area contributed by atoms with Crippen molar-refractivity contribution in [2.75, 3.05) is 5.32 Å². The number of carboxylic acid groups (broad SMARTS) is 1. The van der Waals surface area contributed by atoms with Crippen molar-refractivity contribution in [3.05, 3.63) is 83.8 Å². The third kappa shape index (κ3) is 7.26. The van der Waals surface area contributed by atoms with Crippen LogP contribution < -0.4 is 19.5 Å². The number of hydrogen-bond acceptors (Lipinski definition) is 9. The van der Waals surface area contributed by atoms with Gasteiger partial charge < -0.3 is 19.3 Å². The maximum absolute atomic E-state index is 13.1. The largest absolute Gasteiger partial charge is 0.491 e. The van der Waals surface area contributed by atoms with Gasteiger partial charge in [0.2, 0.25) is 8.85 Å². The molecule has 0 aliphatic carbocycles. The number of hydrogen-bond donors (Lipinski definition) is 2. The van der Waals surface area contributed by atoms with E-state index in [4.69, 9.17) is 19.3 Å². The number of amides is 1. The topological polar surface area (TPSA) is 137 Å². The van der Waals surface area contributed by atoms with E-state index in [9.17, 15) is 14.4 Å². The summed E-state index contributed by atoms with van der Waals surface area (Å²) in [4.78, 5) is 43.9. The number of aromatic nitrogens is 2. The normalized spacial score (nSPS) is 10.6. The summed E-state index contributed by atoms with van der Waals surface area (Å²) in [5, 5.41) is 12.5. The smallest absolute Gasteiger partial charge is 0.335 e. The number of carboxylic acids is 1. The van der Waals surface area contributed by atoms with Gasteiger partial charge in [-0.2, -0.15) is 0 Å². The number of carbonyl (C=O) groups is 3. The van der Waals surface area contributed by atoms with Gasteiger partial charge in [0.15, 0.2) is 5.13 Å². The minimum Gasteiger partial charge on any atom is -0.491 e. The van der Waals surface area contributed by atoms with E-state index >= 15 is 0 Å². The van der Waals surface area contributed by atoms with Crippen molar-refractivity contribution in [1.82, 2.24) is 9.97 Å². The van der Waals surface area contributed by atoms with Crippen LogP contribution in [0.25, 0.3) is 0 Å². The first kappa shape index (κ1) is 27.0. The molecule has 2 aromatic carbocycles. The van der Waals surface area contributed by atoms with Crippen molar-refractivity contribution in [3.8, 4) is 28.1 Å². The molecule has 2 heterocycles. The molecule has 0 saturated heterocycles. The SMILES string of the molecule is CC(C)Oc1cc(Oc2ccc(C(=O)I)nc2)cc(C(=O)Nc2ncc(Oc3cccc(C(=O)O)c3)s2)c1. The van der Waals surface area contributed by atoms with Crippen LogP contribution in [0.5, 0.6) is 28.1 Å². The summed E-state index contributed by atoms with van der Waals surface area (Å²) < 4.78 is 17.1. The number of halogens is 1. The van der Waals surface area contributed by atoms with Gasteiger partial charge in [0.25, 0.3) is 5.91 Å². The Morgan fingerprint density at radius 2 is 1.66 bits per heavy atom. The van der Waals surface area contributed by atoms with Crippen LogP contribution in [0.15, 0.2) is 67.0 Å². The molecule has 2 N–H and O–H groups in total. The summed E-state index contributed by atoms with van der Waals surface area (Å²) >= 11 is 2.73. The molecule has 10 nitrogen and oxygen atoms in total. The van der Waals surface area contributed by atoms with Gasteiger partial charge in [-0.3, -0.25) is 14.9 Å². The molecule has 38 heavy (non-hydrogen) atoms. The van der Waals surface area contributed by atoms with Gasteiger partial charge in [0.1, 0.15) is 28.7 Å². The minimum atomic E-state index is -1.07. The summed E-state index contributed by atoms with van der Waals surface area (Å²) in [7, 11) is 0. The average Bonchev–Trinajstić information content (AvgIpc) is 3.30. The maximum Gasteiger partial charge on any atom is 0.335 e. The van der Waals surface area contributed by atoms with Crippen LogP contribution in [0.3, 0.4) is 0 Å². The van der Waals surface area contributed by atoms with E-state index < -0.39 is 11.9 Å². The molecule has 194 valence electrons. The van der Waals surface area contributed by atoms with Gasteiger partial charge in [-0.25, -0.2) is 14.8 Å². The number of anilines is 1. The number of benzene rings is 2. The lowest BCUT2D eigenvalue weighted by molar-refractivity contribution is 0.0696. The fourth-order valence-corrected chi connectivity index (χ4v) is 4.14. The first-order valence-electron chi connectivity index (χ1n) is 11.1. The van der Waals surface area contributed by atoms with E-state index in [2.05, 4.69) is 15.3 Å². The standard InChI is InChI=1S/C26H20IN3O7S/c1-14(2)35-19-9-16(10-20(11-19)36-18-6-7-21(23(27)31)28-12-18)24(32)30-26-29-13-22(38-26)37-17-5-3-4-15(8-17)25(33)34/h3-14H,1-2H3,(H,33,34)(H,29,30,32). The monoisotopic (exact) mass is 645 g/mol. The molecule has 0 aliphatic heterocycles. The van der Waals surface area contributed by atoms with Crippen LogP contribution in [0.1, 0.15) is 45.1 Å². The number of aromatic carboxylic acids is 1. The second-order valence-electron chi connectivity index (χ2n) is 7.99.